The first-order valence-electron chi connectivity index (χ1n) is 9.07. The number of benzene rings is 1. The van der Waals surface area contributed by atoms with Gasteiger partial charge in [-0.2, -0.15) is 13.2 Å². The molecule has 1 saturated heterocycles. The lowest BCUT2D eigenvalue weighted by Gasteiger charge is -2.28. The number of nitrogens with two attached hydrogens (primary N) is 1. The Morgan fingerprint density at radius 1 is 1.38 bits per heavy atom. The number of amides is 1. The van der Waals surface area contributed by atoms with Crippen LogP contribution >= 0.6 is 0 Å². The monoisotopic (exact) mass is 420 g/mol. The normalized spacial score (nSPS) is 21.1. The van der Waals surface area contributed by atoms with Gasteiger partial charge >= 0.3 is 12.1 Å². The van der Waals surface area contributed by atoms with E-state index in [1.807, 2.05) is 6.92 Å². The number of hydrogen-bond donors (Lipinski definition) is 3. The highest BCUT2D eigenvalue weighted by atomic mass is 19.4. The van der Waals surface area contributed by atoms with E-state index >= 15 is 0 Å². The van der Waals surface area contributed by atoms with Crippen molar-refractivity contribution >= 4 is 11.9 Å². The molecule has 1 heterocycles. The highest BCUT2D eigenvalue weighted by Gasteiger charge is 2.50. The van der Waals surface area contributed by atoms with Crippen LogP contribution in [0.3, 0.4) is 0 Å². The van der Waals surface area contributed by atoms with Crippen LogP contribution in [0.5, 0.6) is 0 Å². The number of carbonyl (C=O) groups is 2. The molecule has 2 rings (SSSR count). The van der Waals surface area contributed by atoms with Crippen molar-refractivity contribution in [3.05, 3.63) is 35.1 Å². The molecule has 0 radical (unpaired) electrons. The number of rotatable bonds is 7. The van der Waals surface area contributed by atoms with Crippen LogP contribution in [0.2, 0.25) is 0 Å². The first-order valence-corrected chi connectivity index (χ1v) is 9.07. The predicted molar refractivity (Wildman–Crippen MR) is 96.0 cm³/mol. The molecule has 11 heteroatoms. The van der Waals surface area contributed by atoms with Crippen LogP contribution in [-0.2, 0) is 9.53 Å². The minimum absolute atomic E-state index is 0.0354. The molecule has 162 valence electrons. The van der Waals surface area contributed by atoms with E-state index in [1.165, 1.54) is 11.1 Å². The molecule has 1 aromatic carbocycles. The number of nitrogens with one attached hydrogen (secondary N) is 2. The highest BCUT2D eigenvalue weighted by Crippen LogP contribution is 2.42. The number of ether oxygens (including phenoxy) is 1. The van der Waals surface area contributed by atoms with E-state index in [-0.39, 0.29) is 24.2 Å². The minimum atomic E-state index is -4.50. The Kier molecular flexibility index (Phi) is 7.55. The zero-order valence-corrected chi connectivity index (χ0v) is 16.1. The minimum Gasteiger partial charge on any atom is -0.468 e. The third-order valence-corrected chi connectivity index (χ3v) is 4.63. The second-order valence-corrected chi connectivity index (χ2v) is 6.76. The van der Waals surface area contributed by atoms with Crippen LogP contribution < -0.4 is 16.5 Å². The molecule has 0 aromatic heterocycles. The molecule has 29 heavy (non-hydrogen) atoms. The summed E-state index contributed by atoms with van der Waals surface area (Å²) in [6, 6.07) is 0.842. The number of nitrogens with zero attached hydrogens (tertiary/aromatic N) is 1. The number of alkyl halides is 3. The third-order valence-electron chi connectivity index (χ3n) is 4.63. The summed E-state index contributed by atoms with van der Waals surface area (Å²) in [4.78, 5) is 23.6. The summed E-state index contributed by atoms with van der Waals surface area (Å²) in [5, 5.41) is 3.77. The van der Waals surface area contributed by atoms with Crippen molar-refractivity contribution < 1.29 is 31.9 Å². The number of hydrogen-bond acceptors (Lipinski definition) is 6. The van der Waals surface area contributed by atoms with Crippen LogP contribution in [0.1, 0.15) is 35.3 Å². The van der Waals surface area contributed by atoms with Crippen LogP contribution in [0.15, 0.2) is 18.2 Å². The van der Waals surface area contributed by atoms with Gasteiger partial charge in [-0.15, -0.1) is 0 Å². The molecule has 7 nitrogen and oxygen atoms in total. The Bertz CT molecular complexity index is 744. The molecule has 3 atom stereocenters. The maximum absolute atomic E-state index is 14.2. The summed E-state index contributed by atoms with van der Waals surface area (Å²) in [6.45, 7) is 1.54. The topological polar surface area (TPSA) is 96.7 Å². The lowest BCUT2D eigenvalue weighted by atomic mass is 9.92. The maximum atomic E-state index is 14.2. The van der Waals surface area contributed by atoms with Crippen LogP contribution in [0.4, 0.5) is 17.6 Å². The Hall–Kier alpha value is -2.24. The molecule has 2 unspecified atom stereocenters. The van der Waals surface area contributed by atoms with E-state index in [0.29, 0.717) is 13.0 Å². The van der Waals surface area contributed by atoms with Crippen molar-refractivity contribution in [2.75, 3.05) is 26.7 Å². The molecule has 1 aromatic rings. The third kappa shape index (κ3) is 5.64. The van der Waals surface area contributed by atoms with Crippen molar-refractivity contribution in [2.24, 2.45) is 11.7 Å². The van der Waals surface area contributed by atoms with E-state index in [0.717, 1.165) is 19.2 Å². The second kappa shape index (κ2) is 9.51. The Balaban J connectivity index is 2.28. The molecule has 0 saturated carbocycles. The maximum Gasteiger partial charge on any atom is 0.394 e. The van der Waals surface area contributed by atoms with Crippen LogP contribution in [-0.4, -0.2) is 55.8 Å². The van der Waals surface area contributed by atoms with Crippen molar-refractivity contribution in [3.63, 3.8) is 0 Å². The summed E-state index contributed by atoms with van der Waals surface area (Å²) < 4.78 is 59.1. The van der Waals surface area contributed by atoms with Gasteiger partial charge < -0.3 is 15.8 Å². The first kappa shape index (κ1) is 23.0. The van der Waals surface area contributed by atoms with Gasteiger partial charge in [-0.1, -0.05) is 6.92 Å². The number of methoxy groups -OCH3 is 1. The van der Waals surface area contributed by atoms with E-state index in [2.05, 4.69) is 15.5 Å². The molecular weight excluding hydrogens is 396 g/mol. The SMILES string of the molecule is CCCN1NCC(C(F)(F)F)C1c1cc(F)cc(C(=O)NC[C@@H](N)C(=O)OC)c1. The Morgan fingerprint density at radius 3 is 2.66 bits per heavy atom. The molecule has 1 fully saturated rings. The van der Waals surface area contributed by atoms with Crippen LogP contribution in [0, 0.1) is 11.7 Å². The van der Waals surface area contributed by atoms with Gasteiger partial charge in [0.1, 0.15) is 11.9 Å². The molecule has 0 bridgehead atoms. The lowest BCUT2D eigenvalue weighted by Crippen LogP contribution is -2.43. The zero-order chi connectivity index (χ0) is 21.8. The van der Waals surface area contributed by atoms with Gasteiger partial charge in [0.05, 0.1) is 19.1 Å². The zero-order valence-electron chi connectivity index (χ0n) is 16.1. The molecule has 0 spiro atoms. The van der Waals surface area contributed by atoms with E-state index in [4.69, 9.17) is 5.73 Å². The molecular formula is C18H24F4N4O3. The average Bonchev–Trinajstić information content (AvgIpc) is 3.09. The Labute approximate surface area is 165 Å². The van der Waals surface area contributed by atoms with Gasteiger partial charge in [0, 0.05) is 25.2 Å². The lowest BCUT2D eigenvalue weighted by molar-refractivity contribution is -0.177. The van der Waals surface area contributed by atoms with E-state index in [9.17, 15) is 27.2 Å². The van der Waals surface area contributed by atoms with Crippen molar-refractivity contribution in [1.29, 1.82) is 0 Å². The quantitative estimate of drug-likeness (QED) is 0.457. The van der Waals surface area contributed by atoms with Crippen molar-refractivity contribution in [1.82, 2.24) is 15.8 Å². The van der Waals surface area contributed by atoms with Crippen molar-refractivity contribution in [2.45, 2.75) is 31.6 Å². The number of carbonyl (C=O) groups excluding carboxylic acids is 2. The number of esters is 1. The summed E-state index contributed by atoms with van der Waals surface area (Å²) in [7, 11) is 1.14. The molecule has 1 aliphatic rings. The van der Waals surface area contributed by atoms with Gasteiger partial charge in [-0.3, -0.25) is 15.0 Å². The molecule has 0 aliphatic carbocycles. The van der Waals surface area contributed by atoms with Gasteiger partial charge in [-0.25, -0.2) is 9.40 Å². The van der Waals surface area contributed by atoms with Gasteiger partial charge in [-0.05, 0) is 30.2 Å². The highest BCUT2D eigenvalue weighted by molar-refractivity contribution is 5.94. The summed E-state index contributed by atoms with van der Waals surface area (Å²) in [5.74, 6) is -4.10. The van der Waals surface area contributed by atoms with Gasteiger partial charge in [0.2, 0.25) is 0 Å². The average molecular weight is 420 g/mol. The first-order chi connectivity index (χ1) is 13.6. The number of halogens is 4. The summed E-state index contributed by atoms with van der Waals surface area (Å²) in [6.07, 6.45) is -3.91. The molecule has 1 aliphatic heterocycles. The fourth-order valence-electron chi connectivity index (χ4n) is 3.26. The van der Waals surface area contributed by atoms with Crippen LogP contribution in [0.25, 0.3) is 0 Å². The van der Waals surface area contributed by atoms with E-state index in [1.54, 1.807) is 0 Å². The second-order valence-electron chi connectivity index (χ2n) is 6.76. The predicted octanol–water partition coefficient (Wildman–Crippen LogP) is 1.51. The number of hydrazine groups is 1. The van der Waals surface area contributed by atoms with E-state index < -0.39 is 41.9 Å². The van der Waals surface area contributed by atoms with Gasteiger partial charge in [0.15, 0.2) is 0 Å². The fourth-order valence-corrected chi connectivity index (χ4v) is 3.26. The summed E-state index contributed by atoms with van der Waals surface area (Å²) in [5.41, 5.74) is 8.11. The largest absolute Gasteiger partial charge is 0.468 e. The Morgan fingerprint density at radius 2 is 2.07 bits per heavy atom. The smallest absolute Gasteiger partial charge is 0.394 e. The summed E-state index contributed by atoms with van der Waals surface area (Å²) >= 11 is 0. The molecule has 4 N–H and O–H groups in total. The van der Waals surface area contributed by atoms with Gasteiger partial charge in [0.25, 0.3) is 5.91 Å². The fraction of sp³-hybridized carbons (Fsp3) is 0.556. The standard InChI is InChI=1S/C18H24F4N4O3/c1-3-4-26-15(13(8-25-26)18(20,21)22)10-5-11(7-12(19)6-10)16(27)24-9-14(23)17(28)29-2/h5-7,13-15,25H,3-4,8-9,23H2,1-2H3,(H,24,27)/t13?,14-,15?/m1/s1. The molecule has 1 amide bonds. The van der Waals surface area contributed by atoms with Crippen molar-refractivity contribution in [3.8, 4) is 0 Å².